The second-order valence-electron chi connectivity index (χ2n) is 7.41. The van der Waals surface area contributed by atoms with Crippen LogP contribution in [0, 0.1) is 11.8 Å². The van der Waals surface area contributed by atoms with Crippen LogP contribution in [-0.4, -0.2) is 41.8 Å². The van der Waals surface area contributed by atoms with Crippen molar-refractivity contribution in [3.05, 3.63) is 34.4 Å². The molecule has 2 unspecified atom stereocenters. The van der Waals surface area contributed by atoms with E-state index in [0.717, 1.165) is 50.5 Å². The summed E-state index contributed by atoms with van der Waals surface area (Å²) in [5, 5.41) is 1.16. The van der Waals surface area contributed by atoms with Gasteiger partial charge in [-0.05, 0) is 48.8 Å². The lowest BCUT2D eigenvalue weighted by Gasteiger charge is -2.41. The lowest BCUT2D eigenvalue weighted by Crippen LogP contribution is -2.47. The molecule has 0 radical (unpaired) electrons. The average Bonchev–Trinajstić information content (AvgIpc) is 2.68. The molecule has 1 aliphatic carbocycles. The molecule has 4 nitrogen and oxygen atoms in total. The third-order valence-electron chi connectivity index (χ3n) is 5.46. The molecule has 0 aromatic carbocycles. The van der Waals surface area contributed by atoms with Crippen LogP contribution in [0.4, 0.5) is 0 Å². The minimum Gasteiger partial charge on any atom is -0.309 e. The van der Waals surface area contributed by atoms with Crippen molar-refractivity contribution in [2.75, 3.05) is 19.6 Å². The molecule has 0 aromatic rings. The molecule has 0 spiro atoms. The first-order valence-electron chi connectivity index (χ1n) is 9.96. The number of unbranched alkanes of at least 4 members (excludes halogenated alkanes) is 1. The Labute approximate surface area is 161 Å². The highest BCUT2D eigenvalue weighted by Crippen LogP contribution is 2.43. The fourth-order valence-electron chi connectivity index (χ4n) is 3.90. The largest absolute Gasteiger partial charge is 0.309 e. The first-order valence-corrected chi connectivity index (χ1v) is 10.8. The molecular weight excluding hydrogens is 340 g/mol. The predicted molar refractivity (Wildman–Crippen MR) is 113 cm³/mol. The van der Waals surface area contributed by atoms with E-state index in [4.69, 9.17) is 9.98 Å². The lowest BCUT2D eigenvalue weighted by atomic mass is 9.85. The monoisotopic (exact) mass is 368 g/mol. The highest BCUT2D eigenvalue weighted by Gasteiger charge is 2.37. The number of hydrogen-bond donors (Lipinski definition) is 0. The number of rotatable bonds is 4. The second-order valence-corrected chi connectivity index (χ2v) is 8.45. The van der Waals surface area contributed by atoms with E-state index in [2.05, 4.69) is 35.9 Å². The van der Waals surface area contributed by atoms with Crippen LogP contribution in [-0.2, 0) is 0 Å². The summed E-state index contributed by atoms with van der Waals surface area (Å²) >= 11 is 1.87. The van der Waals surface area contributed by atoms with E-state index in [1.165, 1.54) is 28.3 Å². The molecule has 0 N–H and O–H groups in total. The number of amidine groups is 2. The summed E-state index contributed by atoms with van der Waals surface area (Å²) in [6.45, 7) is 7.45. The fraction of sp³-hybridized carbons (Fsp3) is 0.571. The topological polar surface area (TPSA) is 40.3 Å². The lowest BCUT2D eigenvalue weighted by molar-refractivity contribution is 0.516. The Morgan fingerprint density at radius 3 is 3.12 bits per heavy atom. The Balaban J connectivity index is 1.63. The van der Waals surface area contributed by atoms with Crippen LogP contribution < -0.4 is 0 Å². The summed E-state index contributed by atoms with van der Waals surface area (Å²) in [5.41, 5.74) is 2.72. The zero-order valence-corrected chi connectivity index (χ0v) is 16.6. The first-order chi connectivity index (χ1) is 12.8. The van der Waals surface area contributed by atoms with E-state index < -0.39 is 0 Å². The van der Waals surface area contributed by atoms with Crippen molar-refractivity contribution in [2.45, 2.75) is 46.0 Å². The second kappa shape index (κ2) is 7.95. The normalized spacial score (nSPS) is 29.5. The number of thioether (sulfide) groups is 1. The molecule has 4 rings (SSSR count). The number of aliphatic imine (C=N–C) groups is 3. The summed E-state index contributed by atoms with van der Waals surface area (Å²) in [4.78, 5) is 18.0. The van der Waals surface area contributed by atoms with Gasteiger partial charge < -0.3 is 4.90 Å². The minimum atomic E-state index is 0.414. The van der Waals surface area contributed by atoms with E-state index >= 15 is 0 Å². The van der Waals surface area contributed by atoms with Gasteiger partial charge in [-0.1, -0.05) is 38.1 Å². The van der Waals surface area contributed by atoms with Crippen LogP contribution in [0.5, 0.6) is 0 Å². The van der Waals surface area contributed by atoms with Gasteiger partial charge in [-0.2, -0.15) is 0 Å². The zero-order chi connectivity index (χ0) is 17.9. The molecule has 138 valence electrons. The number of nitrogens with zero attached hydrogens (tertiary/aromatic N) is 4. The van der Waals surface area contributed by atoms with Gasteiger partial charge in [0.05, 0.1) is 5.92 Å². The van der Waals surface area contributed by atoms with Crippen molar-refractivity contribution in [2.24, 2.45) is 26.8 Å². The van der Waals surface area contributed by atoms with Crippen LogP contribution in [0.25, 0.3) is 0 Å². The quantitative estimate of drug-likeness (QED) is 0.668. The fourth-order valence-corrected chi connectivity index (χ4v) is 5.09. The van der Waals surface area contributed by atoms with E-state index in [9.17, 15) is 0 Å². The molecule has 26 heavy (non-hydrogen) atoms. The zero-order valence-electron chi connectivity index (χ0n) is 15.8. The molecule has 3 heterocycles. The van der Waals surface area contributed by atoms with Gasteiger partial charge in [-0.15, -0.1) is 0 Å². The molecule has 0 saturated carbocycles. The van der Waals surface area contributed by atoms with Crippen molar-refractivity contribution in [1.82, 2.24) is 4.90 Å². The molecule has 1 fully saturated rings. The maximum absolute atomic E-state index is 4.93. The van der Waals surface area contributed by atoms with Crippen LogP contribution in [0.15, 0.2) is 49.4 Å². The van der Waals surface area contributed by atoms with Gasteiger partial charge in [-0.25, -0.2) is 0 Å². The van der Waals surface area contributed by atoms with Crippen molar-refractivity contribution in [3.63, 3.8) is 0 Å². The summed E-state index contributed by atoms with van der Waals surface area (Å²) < 4.78 is 0. The Bertz CT molecular complexity index is 741. The van der Waals surface area contributed by atoms with E-state index in [-0.39, 0.29) is 0 Å². The molecule has 0 amide bonds. The SMILES string of the molecule is CCCCN=C1SC2=CC(C3=CN=CCC3C)=CCC2C2=NCCCN12. The highest BCUT2D eigenvalue weighted by atomic mass is 32.2. The van der Waals surface area contributed by atoms with E-state index in [0.29, 0.717) is 11.8 Å². The van der Waals surface area contributed by atoms with Crippen molar-refractivity contribution >= 4 is 29.0 Å². The van der Waals surface area contributed by atoms with E-state index in [1.54, 1.807) is 0 Å². The van der Waals surface area contributed by atoms with Gasteiger partial charge >= 0.3 is 0 Å². The molecule has 0 aromatic heterocycles. The molecule has 5 heteroatoms. The number of fused-ring (bicyclic) bond motifs is 3. The number of hydrogen-bond acceptors (Lipinski definition) is 4. The van der Waals surface area contributed by atoms with Gasteiger partial charge in [0.2, 0.25) is 0 Å². The maximum Gasteiger partial charge on any atom is 0.169 e. The van der Waals surface area contributed by atoms with E-state index in [1.807, 2.05) is 24.2 Å². The van der Waals surface area contributed by atoms with Crippen LogP contribution >= 0.6 is 11.8 Å². The van der Waals surface area contributed by atoms with Gasteiger partial charge in [0.15, 0.2) is 5.17 Å². The first kappa shape index (κ1) is 17.8. The summed E-state index contributed by atoms with van der Waals surface area (Å²) in [5.74, 6) is 2.20. The maximum atomic E-state index is 4.93. The molecule has 4 aliphatic rings. The van der Waals surface area contributed by atoms with Gasteiger partial charge in [0.1, 0.15) is 5.84 Å². The van der Waals surface area contributed by atoms with Gasteiger partial charge in [-0.3, -0.25) is 15.0 Å². The summed E-state index contributed by atoms with van der Waals surface area (Å²) in [7, 11) is 0. The summed E-state index contributed by atoms with van der Waals surface area (Å²) in [6.07, 6.45) is 14.4. The van der Waals surface area contributed by atoms with Crippen LogP contribution in [0.2, 0.25) is 0 Å². The minimum absolute atomic E-state index is 0.414. The molecular formula is C21H28N4S. The average molecular weight is 369 g/mol. The standard InChI is InChI=1S/C21H28N4S/c1-3-4-9-24-21-25-12-5-10-23-20(25)17-7-6-16(13-19(17)26-21)18-14-22-11-8-15(18)2/h6,11,13-15,17H,3-5,7-10,12H2,1-2H3. The Hall–Kier alpha value is -1.62. The third kappa shape index (κ3) is 3.46. The molecule has 2 atom stereocenters. The molecule has 1 saturated heterocycles. The Kier molecular flexibility index (Phi) is 5.44. The molecule has 3 aliphatic heterocycles. The number of allylic oxidation sites excluding steroid dienone is 4. The Morgan fingerprint density at radius 2 is 2.27 bits per heavy atom. The predicted octanol–water partition coefficient (Wildman–Crippen LogP) is 4.82. The van der Waals surface area contributed by atoms with Crippen molar-refractivity contribution in [3.8, 4) is 0 Å². The third-order valence-corrected chi connectivity index (χ3v) is 6.63. The smallest absolute Gasteiger partial charge is 0.169 e. The van der Waals surface area contributed by atoms with Crippen LogP contribution in [0.3, 0.4) is 0 Å². The van der Waals surface area contributed by atoms with Gasteiger partial charge in [0.25, 0.3) is 0 Å². The van der Waals surface area contributed by atoms with Crippen molar-refractivity contribution < 1.29 is 0 Å². The Morgan fingerprint density at radius 1 is 1.35 bits per heavy atom. The highest BCUT2D eigenvalue weighted by molar-refractivity contribution is 8.17. The summed E-state index contributed by atoms with van der Waals surface area (Å²) in [6, 6.07) is 0. The van der Waals surface area contributed by atoms with Gasteiger partial charge in [0, 0.05) is 37.0 Å². The van der Waals surface area contributed by atoms with Crippen molar-refractivity contribution in [1.29, 1.82) is 0 Å². The molecule has 0 bridgehead atoms. The van der Waals surface area contributed by atoms with Crippen LogP contribution in [0.1, 0.15) is 46.0 Å².